The van der Waals surface area contributed by atoms with Gasteiger partial charge in [0.05, 0.1) is 6.04 Å². The van der Waals surface area contributed by atoms with Crippen molar-refractivity contribution in [3.63, 3.8) is 0 Å². The number of amides is 2. The zero-order valence-corrected chi connectivity index (χ0v) is 16.9. The van der Waals surface area contributed by atoms with Gasteiger partial charge in [-0.1, -0.05) is 17.3 Å². The van der Waals surface area contributed by atoms with Gasteiger partial charge in [0.1, 0.15) is 11.5 Å². The maximum absolute atomic E-state index is 12.7. The molecule has 2 aromatic rings. The molecule has 1 saturated carbocycles. The topological polar surface area (TPSA) is 122 Å². The van der Waals surface area contributed by atoms with Crippen LogP contribution in [0, 0.1) is 5.92 Å². The predicted molar refractivity (Wildman–Crippen MR) is 110 cm³/mol. The molecule has 1 aliphatic carbocycles. The van der Waals surface area contributed by atoms with E-state index < -0.39 is 6.04 Å². The number of nitrogens with two attached hydrogens (primary N) is 1. The van der Waals surface area contributed by atoms with E-state index in [0.29, 0.717) is 43.6 Å². The Morgan fingerprint density at radius 1 is 1.20 bits per heavy atom. The van der Waals surface area contributed by atoms with Crippen LogP contribution in [0.4, 0.5) is 0 Å². The van der Waals surface area contributed by atoms with Crippen molar-refractivity contribution in [1.82, 2.24) is 15.4 Å². The predicted octanol–water partition coefficient (Wildman–Crippen LogP) is 1.80. The lowest BCUT2D eigenvalue weighted by Crippen LogP contribution is -2.49. The first-order valence-electron chi connectivity index (χ1n) is 10.6. The van der Waals surface area contributed by atoms with E-state index in [9.17, 15) is 14.7 Å². The number of carbonyl (C=O) groups is 2. The summed E-state index contributed by atoms with van der Waals surface area (Å²) < 4.78 is 5.23. The number of likely N-dealkylation sites (tertiary alicyclic amines) is 1. The number of phenols is 1. The fourth-order valence-corrected chi connectivity index (χ4v) is 3.85. The van der Waals surface area contributed by atoms with Crippen molar-refractivity contribution in [1.29, 1.82) is 0 Å². The highest BCUT2D eigenvalue weighted by atomic mass is 16.5. The molecule has 2 fully saturated rings. The fraction of sp³-hybridized carbons (Fsp3) is 0.500. The SMILES string of the molecule is N[C@@H](Cc1ccc(O)cc1)C(=O)N1CCC(CNC(=O)c2cc(C3CC3)on2)CC1. The average molecular weight is 412 g/mol. The molecule has 1 aromatic carbocycles. The highest BCUT2D eigenvalue weighted by Gasteiger charge is 2.29. The first kappa shape index (κ1) is 20.4. The molecule has 8 heteroatoms. The van der Waals surface area contributed by atoms with Gasteiger partial charge >= 0.3 is 0 Å². The van der Waals surface area contributed by atoms with Gasteiger partial charge < -0.3 is 25.6 Å². The van der Waals surface area contributed by atoms with E-state index in [4.69, 9.17) is 10.3 Å². The van der Waals surface area contributed by atoms with Gasteiger partial charge in [0.2, 0.25) is 5.91 Å². The van der Waals surface area contributed by atoms with E-state index in [0.717, 1.165) is 37.0 Å². The minimum atomic E-state index is -0.598. The summed E-state index contributed by atoms with van der Waals surface area (Å²) in [6, 6.07) is 7.89. The number of hydrogen-bond donors (Lipinski definition) is 3. The van der Waals surface area contributed by atoms with E-state index >= 15 is 0 Å². The first-order chi connectivity index (χ1) is 14.5. The molecule has 1 saturated heterocycles. The van der Waals surface area contributed by atoms with Crippen molar-refractivity contribution in [3.05, 3.63) is 47.3 Å². The Morgan fingerprint density at radius 3 is 2.57 bits per heavy atom. The van der Waals surface area contributed by atoms with E-state index in [2.05, 4.69) is 10.5 Å². The quantitative estimate of drug-likeness (QED) is 0.637. The Balaban J connectivity index is 1.19. The van der Waals surface area contributed by atoms with Crippen LogP contribution < -0.4 is 11.1 Å². The number of nitrogens with zero attached hydrogens (tertiary/aromatic N) is 2. The Labute approximate surface area is 175 Å². The third-order valence-electron chi connectivity index (χ3n) is 5.93. The van der Waals surface area contributed by atoms with E-state index in [1.54, 1.807) is 30.3 Å². The molecule has 30 heavy (non-hydrogen) atoms. The highest BCUT2D eigenvalue weighted by Crippen LogP contribution is 2.40. The van der Waals surface area contributed by atoms with Gasteiger partial charge in [-0.2, -0.15) is 0 Å². The van der Waals surface area contributed by atoms with Crippen LogP contribution in [-0.2, 0) is 11.2 Å². The van der Waals surface area contributed by atoms with Gasteiger partial charge in [0.15, 0.2) is 5.69 Å². The standard InChI is InChI=1S/C22H28N4O4/c23-18(11-14-1-5-17(27)6-2-14)22(29)26-9-7-15(8-10-26)13-24-21(28)19-12-20(30-25-19)16-3-4-16/h1-2,5-6,12,15-16,18,27H,3-4,7-11,13,23H2,(H,24,28)/t18-/m0/s1. The molecule has 4 N–H and O–H groups in total. The van der Waals surface area contributed by atoms with Crippen molar-refractivity contribution >= 4 is 11.8 Å². The summed E-state index contributed by atoms with van der Waals surface area (Å²) in [4.78, 5) is 26.7. The van der Waals surface area contributed by atoms with E-state index in [1.807, 2.05) is 4.90 Å². The maximum Gasteiger partial charge on any atom is 0.273 e. The Morgan fingerprint density at radius 2 is 1.90 bits per heavy atom. The van der Waals surface area contributed by atoms with E-state index in [-0.39, 0.29) is 17.6 Å². The van der Waals surface area contributed by atoms with E-state index in [1.165, 1.54) is 0 Å². The molecular weight excluding hydrogens is 384 g/mol. The molecule has 0 radical (unpaired) electrons. The Hall–Kier alpha value is -2.87. The molecule has 0 spiro atoms. The van der Waals surface area contributed by atoms with Crippen LogP contribution in [0.2, 0.25) is 0 Å². The second-order valence-electron chi connectivity index (χ2n) is 8.34. The lowest BCUT2D eigenvalue weighted by atomic mass is 9.95. The molecule has 0 unspecified atom stereocenters. The third kappa shape index (κ3) is 4.99. The molecule has 4 rings (SSSR count). The molecule has 2 heterocycles. The second-order valence-corrected chi connectivity index (χ2v) is 8.34. The number of piperidine rings is 1. The molecule has 1 atom stereocenters. The molecule has 1 aliphatic heterocycles. The minimum Gasteiger partial charge on any atom is -0.508 e. The smallest absolute Gasteiger partial charge is 0.273 e. The van der Waals surface area contributed by atoms with Gasteiger partial charge in [0, 0.05) is 31.6 Å². The number of carbonyl (C=O) groups excluding carboxylic acids is 2. The first-order valence-corrected chi connectivity index (χ1v) is 10.6. The summed E-state index contributed by atoms with van der Waals surface area (Å²) >= 11 is 0. The van der Waals surface area contributed by atoms with Crippen molar-refractivity contribution in [2.75, 3.05) is 19.6 Å². The van der Waals surface area contributed by atoms with Crippen LogP contribution in [0.5, 0.6) is 5.75 Å². The van der Waals surface area contributed by atoms with Gasteiger partial charge in [-0.25, -0.2) is 0 Å². The zero-order chi connectivity index (χ0) is 21.1. The molecule has 2 aliphatic rings. The monoisotopic (exact) mass is 412 g/mol. The number of rotatable bonds is 7. The molecule has 1 aromatic heterocycles. The third-order valence-corrected chi connectivity index (χ3v) is 5.93. The van der Waals surface area contributed by atoms with Crippen LogP contribution in [0.15, 0.2) is 34.9 Å². The number of hydrogen-bond acceptors (Lipinski definition) is 6. The van der Waals surface area contributed by atoms with Crippen LogP contribution in [0.3, 0.4) is 0 Å². The van der Waals surface area contributed by atoms with Gasteiger partial charge in [-0.3, -0.25) is 9.59 Å². The number of aromatic nitrogens is 1. The van der Waals surface area contributed by atoms with Gasteiger partial charge in [-0.05, 0) is 55.7 Å². The molecular formula is C22H28N4O4. The molecule has 8 nitrogen and oxygen atoms in total. The lowest BCUT2D eigenvalue weighted by molar-refractivity contribution is -0.133. The number of phenolic OH excluding ortho intramolecular Hbond substituents is 1. The lowest BCUT2D eigenvalue weighted by Gasteiger charge is -2.33. The zero-order valence-electron chi connectivity index (χ0n) is 16.9. The largest absolute Gasteiger partial charge is 0.508 e. The summed E-state index contributed by atoms with van der Waals surface area (Å²) in [7, 11) is 0. The summed E-state index contributed by atoms with van der Waals surface area (Å²) in [5.41, 5.74) is 7.37. The van der Waals surface area contributed by atoms with Crippen LogP contribution in [-0.4, -0.2) is 52.7 Å². The van der Waals surface area contributed by atoms with Crippen molar-refractivity contribution in [3.8, 4) is 5.75 Å². The average Bonchev–Trinajstić information content (AvgIpc) is 3.50. The summed E-state index contributed by atoms with van der Waals surface area (Å²) in [6.45, 7) is 1.84. The minimum absolute atomic E-state index is 0.0548. The number of aromatic hydroxyl groups is 1. The van der Waals surface area contributed by atoms with Crippen LogP contribution >= 0.6 is 0 Å². The van der Waals surface area contributed by atoms with Crippen LogP contribution in [0.25, 0.3) is 0 Å². The van der Waals surface area contributed by atoms with Crippen molar-refractivity contribution in [2.24, 2.45) is 11.7 Å². The van der Waals surface area contributed by atoms with Crippen molar-refractivity contribution in [2.45, 2.75) is 44.1 Å². The second kappa shape index (κ2) is 8.87. The fourth-order valence-electron chi connectivity index (χ4n) is 3.85. The van der Waals surface area contributed by atoms with Crippen LogP contribution in [0.1, 0.15) is 53.4 Å². The molecule has 0 bridgehead atoms. The normalized spacial score (nSPS) is 18.2. The molecule has 160 valence electrons. The summed E-state index contributed by atoms with van der Waals surface area (Å²) in [6.07, 6.45) is 4.29. The summed E-state index contributed by atoms with van der Waals surface area (Å²) in [5.74, 6) is 1.48. The molecule has 2 amide bonds. The van der Waals surface area contributed by atoms with Gasteiger partial charge in [0.25, 0.3) is 5.91 Å². The van der Waals surface area contributed by atoms with Gasteiger partial charge in [-0.15, -0.1) is 0 Å². The highest BCUT2D eigenvalue weighted by molar-refractivity contribution is 5.92. The van der Waals surface area contributed by atoms with Crippen molar-refractivity contribution < 1.29 is 19.2 Å². The Bertz CT molecular complexity index is 883. The number of nitrogens with one attached hydrogen (secondary N) is 1. The number of benzene rings is 1. The maximum atomic E-state index is 12.7. The Kier molecular flexibility index (Phi) is 6.03. The summed E-state index contributed by atoms with van der Waals surface area (Å²) in [5, 5.41) is 16.2.